The first-order chi connectivity index (χ1) is 15.6. The van der Waals surface area contributed by atoms with Crippen LogP contribution in [0.2, 0.25) is 10.0 Å². The maximum absolute atomic E-state index is 6.10. The van der Waals surface area contributed by atoms with Crippen LogP contribution in [0.25, 0.3) is 11.0 Å². The fourth-order valence-corrected chi connectivity index (χ4v) is 4.29. The molecule has 0 bridgehead atoms. The van der Waals surface area contributed by atoms with Gasteiger partial charge in [-0.3, -0.25) is 4.90 Å². The lowest BCUT2D eigenvalue weighted by atomic mass is 10.2. The van der Waals surface area contributed by atoms with Crippen LogP contribution in [0, 0.1) is 0 Å². The fraction of sp³-hybridized carbons (Fsp3) is 0.296. The molecule has 0 fully saturated rings. The summed E-state index contributed by atoms with van der Waals surface area (Å²) in [7, 11) is 0. The molecule has 166 valence electrons. The Morgan fingerprint density at radius 1 is 0.781 bits per heavy atom. The number of hydrogen-bond donors (Lipinski definition) is 0. The molecule has 4 rings (SSSR count). The van der Waals surface area contributed by atoms with E-state index >= 15 is 0 Å². The highest BCUT2D eigenvalue weighted by Crippen LogP contribution is 2.21. The van der Waals surface area contributed by atoms with E-state index in [-0.39, 0.29) is 0 Å². The molecule has 0 radical (unpaired) electrons. The second kappa shape index (κ2) is 11.0. The summed E-state index contributed by atoms with van der Waals surface area (Å²) < 4.78 is 2.34. The topological polar surface area (TPSA) is 21.1 Å². The average Bonchev–Trinajstić information content (AvgIpc) is 3.14. The molecule has 4 aromatic rings. The summed E-state index contributed by atoms with van der Waals surface area (Å²) in [4.78, 5) is 7.52. The highest BCUT2D eigenvalue weighted by molar-refractivity contribution is 6.30. The second-order valence-corrected chi connectivity index (χ2v) is 9.15. The Balaban J connectivity index is 1.62. The number of hydrogen-bond acceptors (Lipinski definition) is 2. The standard InChI is InChI=1S/C27H29Cl2N3/c1-2-3-6-17-31(18-21-9-13-23(28)14-10-21)20-27-30-25-7-4-5-8-26(25)32(27)19-22-11-15-24(29)16-12-22/h4-5,7-16H,2-3,6,17-20H2,1H3. The molecule has 1 heterocycles. The molecule has 0 saturated carbocycles. The molecule has 0 atom stereocenters. The number of fused-ring (bicyclic) bond motifs is 1. The van der Waals surface area contributed by atoms with Crippen LogP contribution in [0.1, 0.15) is 43.1 Å². The minimum atomic E-state index is 0.759. The minimum absolute atomic E-state index is 0.759. The molecule has 1 aromatic heterocycles. The van der Waals surface area contributed by atoms with Gasteiger partial charge in [0.15, 0.2) is 0 Å². The Bertz CT molecular complexity index is 1130. The van der Waals surface area contributed by atoms with Crippen molar-refractivity contribution in [3.63, 3.8) is 0 Å². The summed E-state index contributed by atoms with van der Waals surface area (Å²) in [5.74, 6) is 1.09. The monoisotopic (exact) mass is 465 g/mol. The van der Waals surface area contributed by atoms with Crippen molar-refractivity contribution in [2.75, 3.05) is 6.54 Å². The third-order valence-electron chi connectivity index (χ3n) is 5.75. The number of rotatable bonds is 10. The zero-order valence-electron chi connectivity index (χ0n) is 18.5. The highest BCUT2D eigenvalue weighted by Gasteiger charge is 2.15. The van der Waals surface area contributed by atoms with Crippen molar-refractivity contribution < 1.29 is 0 Å². The molecule has 0 amide bonds. The average molecular weight is 466 g/mol. The van der Waals surface area contributed by atoms with Gasteiger partial charge in [0.1, 0.15) is 5.82 Å². The van der Waals surface area contributed by atoms with Crippen molar-refractivity contribution in [2.24, 2.45) is 0 Å². The minimum Gasteiger partial charge on any atom is -0.322 e. The van der Waals surface area contributed by atoms with Gasteiger partial charge in [-0.05, 0) is 60.5 Å². The summed E-state index contributed by atoms with van der Waals surface area (Å²) in [5, 5.41) is 1.53. The molecule has 0 N–H and O–H groups in total. The van der Waals surface area contributed by atoms with E-state index in [9.17, 15) is 0 Å². The number of para-hydroxylation sites is 2. The predicted molar refractivity (Wildman–Crippen MR) is 135 cm³/mol. The predicted octanol–water partition coefficient (Wildman–Crippen LogP) is 7.58. The smallest absolute Gasteiger partial charge is 0.124 e. The van der Waals surface area contributed by atoms with Crippen LogP contribution < -0.4 is 0 Å². The van der Waals surface area contributed by atoms with Gasteiger partial charge < -0.3 is 4.57 Å². The molecule has 0 aliphatic heterocycles. The summed E-state index contributed by atoms with van der Waals surface area (Å²) >= 11 is 12.2. The van der Waals surface area contributed by atoms with Gasteiger partial charge >= 0.3 is 0 Å². The second-order valence-electron chi connectivity index (χ2n) is 8.27. The normalized spacial score (nSPS) is 11.5. The van der Waals surface area contributed by atoms with E-state index in [1.807, 2.05) is 24.3 Å². The first-order valence-corrected chi connectivity index (χ1v) is 12.0. The molecule has 5 heteroatoms. The summed E-state index contributed by atoms with van der Waals surface area (Å²) in [6.07, 6.45) is 3.63. The summed E-state index contributed by atoms with van der Waals surface area (Å²) in [6.45, 7) is 5.74. The molecule has 0 unspecified atom stereocenters. The van der Waals surface area contributed by atoms with Crippen LogP contribution in [0.5, 0.6) is 0 Å². The maximum Gasteiger partial charge on any atom is 0.124 e. The third kappa shape index (κ3) is 5.92. The van der Waals surface area contributed by atoms with Gasteiger partial charge in [0.2, 0.25) is 0 Å². The molecule has 0 aliphatic rings. The number of unbranched alkanes of at least 4 members (excludes halogenated alkanes) is 2. The molecule has 0 aliphatic carbocycles. The molecule has 0 spiro atoms. The largest absolute Gasteiger partial charge is 0.322 e. The van der Waals surface area contributed by atoms with E-state index in [4.69, 9.17) is 28.2 Å². The number of aromatic nitrogens is 2. The van der Waals surface area contributed by atoms with Crippen molar-refractivity contribution in [1.29, 1.82) is 0 Å². The third-order valence-corrected chi connectivity index (χ3v) is 6.25. The molecule has 32 heavy (non-hydrogen) atoms. The van der Waals surface area contributed by atoms with Gasteiger partial charge in [-0.15, -0.1) is 0 Å². The lowest BCUT2D eigenvalue weighted by Crippen LogP contribution is -2.26. The van der Waals surface area contributed by atoms with E-state index in [0.29, 0.717) is 0 Å². The molecule has 0 saturated heterocycles. The number of halogens is 2. The van der Waals surface area contributed by atoms with Crippen molar-refractivity contribution in [3.8, 4) is 0 Å². The quantitative estimate of drug-likeness (QED) is 0.225. The van der Waals surface area contributed by atoms with Crippen LogP contribution in [-0.2, 0) is 19.6 Å². The van der Waals surface area contributed by atoms with Crippen molar-refractivity contribution in [1.82, 2.24) is 14.5 Å². The first-order valence-electron chi connectivity index (χ1n) is 11.3. The van der Waals surface area contributed by atoms with E-state index in [1.54, 1.807) is 0 Å². The summed E-state index contributed by atoms with van der Waals surface area (Å²) in [5.41, 5.74) is 4.69. The van der Waals surface area contributed by atoms with Gasteiger partial charge in [-0.2, -0.15) is 0 Å². The van der Waals surface area contributed by atoms with E-state index < -0.39 is 0 Å². The van der Waals surface area contributed by atoms with E-state index in [1.165, 1.54) is 30.4 Å². The van der Waals surface area contributed by atoms with Crippen LogP contribution >= 0.6 is 23.2 Å². The molecule has 3 nitrogen and oxygen atoms in total. The van der Waals surface area contributed by atoms with E-state index in [0.717, 1.165) is 53.1 Å². The highest BCUT2D eigenvalue weighted by atomic mass is 35.5. The van der Waals surface area contributed by atoms with Crippen LogP contribution in [0.4, 0.5) is 0 Å². The van der Waals surface area contributed by atoms with Gasteiger partial charge in [0.25, 0.3) is 0 Å². The first kappa shape index (κ1) is 22.8. The molecule has 3 aromatic carbocycles. The lowest BCUT2D eigenvalue weighted by molar-refractivity contribution is 0.242. The Morgan fingerprint density at radius 2 is 1.44 bits per heavy atom. The Kier molecular flexibility index (Phi) is 7.85. The lowest BCUT2D eigenvalue weighted by Gasteiger charge is -2.23. The Labute approximate surface area is 200 Å². The summed E-state index contributed by atoms with van der Waals surface area (Å²) in [6, 6.07) is 24.6. The van der Waals surface area contributed by atoms with Crippen molar-refractivity contribution in [3.05, 3.63) is 99.8 Å². The maximum atomic E-state index is 6.10. The SMILES string of the molecule is CCCCCN(Cc1ccc(Cl)cc1)Cc1nc2ccccc2n1Cc1ccc(Cl)cc1. The van der Waals surface area contributed by atoms with Crippen molar-refractivity contribution >= 4 is 34.2 Å². The Hall–Kier alpha value is -2.33. The van der Waals surface area contributed by atoms with Gasteiger partial charge in [0, 0.05) is 23.1 Å². The number of benzene rings is 3. The van der Waals surface area contributed by atoms with E-state index in [2.05, 4.69) is 64.9 Å². The van der Waals surface area contributed by atoms with Crippen LogP contribution in [0.3, 0.4) is 0 Å². The van der Waals surface area contributed by atoms with Gasteiger partial charge in [0.05, 0.1) is 17.6 Å². The fourth-order valence-electron chi connectivity index (χ4n) is 4.04. The van der Waals surface area contributed by atoms with Crippen LogP contribution in [0.15, 0.2) is 72.8 Å². The van der Waals surface area contributed by atoms with Crippen LogP contribution in [-0.4, -0.2) is 21.0 Å². The van der Waals surface area contributed by atoms with Gasteiger partial charge in [-0.1, -0.05) is 79.4 Å². The zero-order valence-corrected chi connectivity index (χ0v) is 20.0. The molecular weight excluding hydrogens is 437 g/mol. The van der Waals surface area contributed by atoms with Crippen molar-refractivity contribution in [2.45, 2.75) is 45.8 Å². The number of imidazole rings is 1. The molecular formula is C27H29Cl2N3. The Morgan fingerprint density at radius 3 is 2.12 bits per heavy atom. The zero-order chi connectivity index (χ0) is 22.3. The number of nitrogens with zero attached hydrogens (tertiary/aromatic N) is 3. The van der Waals surface area contributed by atoms with Gasteiger partial charge in [-0.25, -0.2) is 4.98 Å².